The van der Waals surface area contributed by atoms with Crippen molar-refractivity contribution in [2.45, 2.75) is 6.61 Å². The maximum Gasteiger partial charge on any atom is 0.411 e. The molecule has 3 amide bonds. The van der Waals surface area contributed by atoms with Gasteiger partial charge < -0.3 is 4.74 Å². The molecule has 0 saturated heterocycles. The van der Waals surface area contributed by atoms with Crippen LogP contribution in [0.4, 0.5) is 10.5 Å². The van der Waals surface area contributed by atoms with Gasteiger partial charge in [0, 0.05) is 12.6 Å². The average molecular weight is 386 g/mol. The highest BCUT2D eigenvalue weighted by atomic mass is 16.5. The van der Waals surface area contributed by atoms with Gasteiger partial charge in [0.15, 0.2) is 0 Å². The third kappa shape index (κ3) is 3.48. The SMILES string of the molecule is CN1C(=O)c2ccc(-c3ccccc3)c(NC(=O)OCc3ccccc3)c2C1=O. The number of imide groups is 1. The molecular weight excluding hydrogens is 368 g/mol. The predicted octanol–water partition coefficient (Wildman–Crippen LogP) is 4.33. The lowest BCUT2D eigenvalue weighted by Crippen LogP contribution is -2.24. The lowest BCUT2D eigenvalue weighted by Gasteiger charge is -2.15. The highest BCUT2D eigenvalue weighted by molar-refractivity contribution is 6.25. The minimum Gasteiger partial charge on any atom is -0.444 e. The van der Waals surface area contributed by atoms with E-state index < -0.39 is 17.9 Å². The molecule has 0 radical (unpaired) electrons. The molecule has 3 aromatic rings. The van der Waals surface area contributed by atoms with E-state index in [4.69, 9.17) is 4.74 Å². The largest absolute Gasteiger partial charge is 0.444 e. The summed E-state index contributed by atoms with van der Waals surface area (Å²) in [6.07, 6.45) is -0.700. The van der Waals surface area contributed by atoms with Gasteiger partial charge in [-0.25, -0.2) is 4.79 Å². The molecular formula is C23H18N2O4. The molecule has 1 N–H and O–H groups in total. The number of fused-ring (bicyclic) bond motifs is 1. The second kappa shape index (κ2) is 7.59. The van der Waals surface area contributed by atoms with Gasteiger partial charge in [-0.15, -0.1) is 0 Å². The Morgan fingerprint density at radius 2 is 1.48 bits per heavy atom. The average Bonchev–Trinajstić information content (AvgIpc) is 2.98. The van der Waals surface area contributed by atoms with E-state index in [1.54, 1.807) is 12.1 Å². The third-order valence-electron chi connectivity index (χ3n) is 4.78. The molecule has 29 heavy (non-hydrogen) atoms. The smallest absolute Gasteiger partial charge is 0.411 e. The summed E-state index contributed by atoms with van der Waals surface area (Å²) in [5.74, 6) is -0.855. The summed E-state index contributed by atoms with van der Waals surface area (Å²) in [6.45, 7) is 0.0924. The van der Waals surface area contributed by atoms with Crippen molar-refractivity contribution in [3.8, 4) is 11.1 Å². The van der Waals surface area contributed by atoms with Gasteiger partial charge >= 0.3 is 6.09 Å². The first-order valence-corrected chi connectivity index (χ1v) is 9.09. The minimum absolute atomic E-state index is 0.0924. The number of anilines is 1. The molecule has 1 aliphatic heterocycles. The van der Waals surface area contributed by atoms with Gasteiger partial charge in [0.1, 0.15) is 6.61 Å². The Morgan fingerprint density at radius 1 is 0.862 bits per heavy atom. The summed E-state index contributed by atoms with van der Waals surface area (Å²) in [4.78, 5) is 38.6. The van der Waals surface area contributed by atoms with Crippen LogP contribution in [0.1, 0.15) is 26.3 Å². The van der Waals surface area contributed by atoms with Crippen molar-refractivity contribution in [1.82, 2.24) is 4.90 Å². The fourth-order valence-corrected chi connectivity index (χ4v) is 3.29. The van der Waals surface area contributed by atoms with Crippen molar-refractivity contribution in [3.63, 3.8) is 0 Å². The van der Waals surface area contributed by atoms with Crippen molar-refractivity contribution in [2.75, 3.05) is 12.4 Å². The molecule has 1 aliphatic rings. The molecule has 1 heterocycles. The molecule has 0 aliphatic carbocycles. The molecule has 0 saturated carbocycles. The number of rotatable bonds is 4. The number of nitrogens with one attached hydrogen (secondary N) is 1. The van der Waals surface area contributed by atoms with Crippen LogP contribution in [-0.2, 0) is 11.3 Å². The van der Waals surface area contributed by atoms with Crippen LogP contribution in [-0.4, -0.2) is 29.9 Å². The lowest BCUT2D eigenvalue weighted by atomic mass is 9.97. The third-order valence-corrected chi connectivity index (χ3v) is 4.78. The molecule has 0 atom stereocenters. The summed E-state index contributed by atoms with van der Waals surface area (Å²) in [5, 5.41) is 2.69. The highest BCUT2D eigenvalue weighted by Gasteiger charge is 2.36. The second-order valence-corrected chi connectivity index (χ2v) is 6.63. The first-order chi connectivity index (χ1) is 14.1. The zero-order valence-electron chi connectivity index (χ0n) is 15.7. The van der Waals surface area contributed by atoms with E-state index in [2.05, 4.69) is 5.32 Å². The van der Waals surface area contributed by atoms with Crippen LogP contribution in [0.3, 0.4) is 0 Å². The van der Waals surface area contributed by atoms with Crippen LogP contribution >= 0.6 is 0 Å². The van der Waals surface area contributed by atoms with Gasteiger partial charge in [-0.2, -0.15) is 0 Å². The minimum atomic E-state index is -0.700. The number of nitrogens with zero attached hydrogens (tertiary/aromatic N) is 1. The van der Waals surface area contributed by atoms with Gasteiger partial charge in [-0.3, -0.25) is 19.8 Å². The number of hydrogen-bond acceptors (Lipinski definition) is 4. The summed E-state index contributed by atoms with van der Waals surface area (Å²) in [7, 11) is 1.42. The molecule has 6 nitrogen and oxygen atoms in total. The summed E-state index contributed by atoms with van der Waals surface area (Å²) in [5.41, 5.74) is 3.00. The Morgan fingerprint density at radius 3 is 2.17 bits per heavy atom. The van der Waals surface area contributed by atoms with Gasteiger partial charge in [-0.05, 0) is 17.2 Å². The molecule has 0 fully saturated rings. The van der Waals surface area contributed by atoms with Gasteiger partial charge in [0.2, 0.25) is 0 Å². The molecule has 0 bridgehead atoms. The van der Waals surface area contributed by atoms with E-state index in [1.165, 1.54) is 7.05 Å². The summed E-state index contributed by atoms with van der Waals surface area (Å²) < 4.78 is 5.31. The second-order valence-electron chi connectivity index (χ2n) is 6.63. The number of ether oxygens (including phenoxy) is 1. The van der Waals surface area contributed by atoms with Crippen LogP contribution in [0, 0.1) is 0 Å². The van der Waals surface area contributed by atoms with E-state index in [9.17, 15) is 14.4 Å². The predicted molar refractivity (Wildman–Crippen MR) is 109 cm³/mol. The Bertz CT molecular complexity index is 1090. The van der Waals surface area contributed by atoms with Crippen LogP contribution in [0.15, 0.2) is 72.8 Å². The topological polar surface area (TPSA) is 75.7 Å². The number of carbonyl (C=O) groups is 3. The Labute approximate surface area is 167 Å². The molecule has 4 rings (SSSR count). The fraction of sp³-hybridized carbons (Fsp3) is 0.0870. The summed E-state index contributed by atoms with van der Waals surface area (Å²) in [6, 6.07) is 22.0. The van der Waals surface area contributed by atoms with E-state index in [-0.39, 0.29) is 23.4 Å². The van der Waals surface area contributed by atoms with Gasteiger partial charge in [0.25, 0.3) is 11.8 Å². The lowest BCUT2D eigenvalue weighted by molar-refractivity contribution is 0.0693. The molecule has 0 unspecified atom stereocenters. The van der Waals surface area contributed by atoms with E-state index in [0.717, 1.165) is 16.0 Å². The maximum atomic E-state index is 12.7. The molecule has 144 valence electrons. The van der Waals surface area contributed by atoms with Crippen LogP contribution < -0.4 is 5.32 Å². The van der Waals surface area contributed by atoms with Crippen LogP contribution in [0.5, 0.6) is 0 Å². The molecule has 6 heteroatoms. The van der Waals surface area contributed by atoms with Crippen molar-refractivity contribution < 1.29 is 19.1 Å². The van der Waals surface area contributed by atoms with Gasteiger partial charge in [0.05, 0.1) is 16.8 Å². The van der Waals surface area contributed by atoms with E-state index in [0.29, 0.717) is 5.56 Å². The first-order valence-electron chi connectivity index (χ1n) is 9.09. The summed E-state index contributed by atoms with van der Waals surface area (Å²) >= 11 is 0. The quantitative estimate of drug-likeness (QED) is 0.677. The molecule has 0 aromatic heterocycles. The van der Waals surface area contributed by atoms with Gasteiger partial charge in [-0.1, -0.05) is 66.7 Å². The number of carbonyl (C=O) groups excluding carboxylic acids is 3. The number of hydrogen-bond donors (Lipinski definition) is 1. The van der Waals surface area contributed by atoms with Crippen LogP contribution in [0.25, 0.3) is 11.1 Å². The van der Waals surface area contributed by atoms with E-state index in [1.807, 2.05) is 60.7 Å². The number of amides is 3. The monoisotopic (exact) mass is 386 g/mol. The zero-order valence-corrected chi connectivity index (χ0v) is 15.7. The van der Waals surface area contributed by atoms with E-state index >= 15 is 0 Å². The molecule has 3 aromatic carbocycles. The molecule has 0 spiro atoms. The van der Waals surface area contributed by atoms with Crippen molar-refractivity contribution in [1.29, 1.82) is 0 Å². The van der Waals surface area contributed by atoms with Crippen molar-refractivity contribution >= 4 is 23.6 Å². The van der Waals surface area contributed by atoms with Crippen molar-refractivity contribution in [2.24, 2.45) is 0 Å². The Hall–Kier alpha value is -3.93. The standard InChI is InChI=1S/C23H18N2O4/c1-25-21(26)18-13-12-17(16-10-6-3-7-11-16)20(19(18)22(25)27)24-23(28)29-14-15-8-4-2-5-9-15/h2-13H,14H2,1H3,(H,24,28). The first kappa shape index (κ1) is 18.4. The number of benzene rings is 3. The Kier molecular flexibility index (Phi) is 4.83. The highest BCUT2D eigenvalue weighted by Crippen LogP contribution is 2.37. The normalized spacial score (nSPS) is 12.7. The Balaban J connectivity index is 1.70. The zero-order chi connectivity index (χ0) is 20.4. The maximum absolute atomic E-state index is 12.7. The van der Waals surface area contributed by atoms with Crippen molar-refractivity contribution in [3.05, 3.63) is 89.5 Å². The van der Waals surface area contributed by atoms with Crippen LogP contribution in [0.2, 0.25) is 0 Å². The fourth-order valence-electron chi connectivity index (χ4n) is 3.29.